The predicted molar refractivity (Wildman–Crippen MR) is 76.7 cm³/mol. The van der Waals surface area contributed by atoms with Crippen molar-refractivity contribution >= 4 is 44.4 Å². The van der Waals surface area contributed by atoms with Gasteiger partial charge in [-0.25, -0.2) is 0 Å². The maximum Gasteiger partial charge on any atom is 0.132 e. The highest BCUT2D eigenvalue weighted by Gasteiger charge is 2.11. The standard InChI is InChI=1S/C13H10INO2/c1-17-11-5-4-10-12(13(11)14)8-6-7(16)2-3-9(8)15-10/h2-6,15-16H,1H3. The van der Waals surface area contributed by atoms with Crippen LogP contribution in [-0.4, -0.2) is 17.2 Å². The van der Waals surface area contributed by atoms with Gasteiger partial charge in [0.05, 0.1) is 10.7 Å². The van der Waals surface area contributed by atoms with E-state index in [1.807, 2.05) is 18.2 Å². The number of hydrogen-bond donors (Lipinski definition) is 2. The van der Waals surface area contributed by atoms with Crippen LogP contribution >= 0.6 is 22.6 Å². The van der Waals surface area contributed by atoms with E-state index in [1.165, 1.54) is 0 Å². The minimum absolute atomic E-state index is 0.275. The molecule has 3 rings (SSSR count). The lowest BCUT2D eigenvalue weighted by Crippen LogP contribution is -1.86. The van der Waals surface area contributed by atoms with Crippen LogP contribution in [0.1, 0.15) is 0 Å². The third kappa shape index (κ3) is 1.55. The largest absolute Gasteiger partial charge is 0.508 e. The zero-order chi connectivity index (χ0) is 12.0. The Labute approximate surface area is 112 Å². The smallest absolute Gasteiger partial charge is 0.132 e. The van der Waals surface area contributed by atoms with Crippen molar-refractivity contribution in [3.05, 3.63) is 33.9 Å². The second-order valence-electron chi connectivity index (χ2n) is 3.86. The third-order valence-electron chi connectivity index (χ3n) is 2.87. The van der Waals surface area contributed by atoms with Crippen molar-refractivity contribution in [2.24, 2.45) is 0 Å². The van der Waals surface area contributed by atoms with E-state index in [1.54, 1.807) is 19.2 Å². The number of methoxy groups -OCH3 is 1. The number of aromatic hydroxyl groups is 1. The van der Waals surface area contributed by atoms with E-state index < -0.39 is 0 Å². The summed E-state index contributed by atoms with van der Waals surface area (Å²) in [6, 6.07) is 9.28. The molecule has 0 aliphatic heterocycles. The molecule has 2 aromatic carbocycles. The average Bonchev–Trinajstić information content (AvgIpc) is 2.68. The molecule has 0 aliphatic carbocycles. The molecule has 17 heavy (non-hydrogen) atoms. The second-order valence-corrected chi connectivity index (χ2v) is 4.94. The Balaban J connectivity index is 2.52. The molecule has 86 valence electrons. The van der Waals surface area contributed by atoms with Gasteiger partial charge >= 0.3 is 0 Å². The number of aromatic amines is 1. The number of rotatable bonds is 1. The summed E-state index contributed by atoms with van der Waals surface area (Å²) < 4.78 is 6.37. The van der Waals surface area contributed by atoms with Gasteiger partial charge in [-0.15, -0.1) is 0 Å². The van der Waals surface area contributed by atoms with Gasteiger partial charge in [-0.05, 0) is 52.9 Å². The van der Waals surface area contributed by atoms with Crippen molar-refractivity contribution in [1.82, 2.24) is 4.98 Å². The molecule has 0 saturated heterocycles. The first-order valence-corrected chi connectivity index (χ1v) is 6.25. The summed E-state index contributed by atoms with van der Waals surface area (Å²) in [7, 11) is 1.66. The first kappa shape index (κ1) is 10.7. The molecule has 1 heterocycles. The number of hydrogen-bond acceptors (Lipinski definition) is 2. The van der Waals surface area contributed by atoms with Gasteiger partial charge in [-0.1, -0.05) is 0 Å². The van der Waals surface area contributed by atoms with E-state index in [0.717, 1.165) is 31.1 Å². The van der Waals surface area contributed by atoms with E-state index in [-0.39, 0.29) is 5.75 Å². The van der Waals surface area contributed by atoms with E-state index in [4.69, 9.17) is 4.74 Å². The first-order valence-electron chi connectivity index (χ1n) is 5.17. The maximum atomic E-state index is 9.58. The van der Waals surface area contributed by atoms with Gasteiger partial charge in [0.2, 0.25) is 0 Å². The molecule has 4 heteroatoms. The predicted octanol–water partition coefficient (Wildman–Crippen LogP) is 3.64. The maximum absolute atomic E-state index is 9.58. The summed E-state index contributed by atoms with van der Waals surface area (Å²) >= 11 is 2.27. The zero-order valence-corrected chi connectivity index (χ0v) is 11.3. The number of H-pyrrole nitrogens is 1. The number of halogens is 1. The van der Waals surface area contributed by atoms with E-state index in [9.17, 15) is 5.11 Å². The van der Waals surface area contributed by atoms with Gasteiger partial charge in [-0.3, -0.25) is 0 Å². The van der Waals surface area contributed by atoms with Crippen LogP contribution in [0.25, 0.3) is 21.8 Å². The fourth-order valence-electron chi connectivity index (χ4n) is 2.08. The number of aromatic nitrogens is 1. The normalized spacial score (nSPS) is 11.2. The molecular formula is C13H10INO2. The highest BCUT2D eigenvalue weighted by Crippen LogP contribution is 2.35. The van der Waals surface area contributed by atoms with Crippen LogP contribution in [-0.2, 0) is 0 Å². The molecule has 3 aromatic rings. The molecule has 0 fully saturated rings. The number of phenolic OH excluding ortho intramolecular Hbond substituents is 1. The van der Waals surface area contributed by atoms with Gasteiger partial charge < -0.3 is 14.8 Å². The molecule has 0 bridgehead atoms. The van der Waals surface area contributed by atoms with Crippen molar-refractivity contribution < 1.29 is 9.84 Å². The summed E-state index contributed by atoms with van der Waals surface area (Å²) in [5.41, 5.74) is 2.07. The van der Waals surface area contributed by atoms with Gasteiger partial charge in [-0.2, -0.15) is 0 Å². The summed E-state index contributed by atoms with van der Waals surface area (Å²) in [5, 5.41) is 11.7. The van der Waals surface area contributed by atoms with Crippen molar-refractivity contribution in [2.75, 3.05) is 7.11 Å². The number of phenols is 1. The van der Waals surface area contributed by atoms with Gasteiger partial charge in [0.1, 0.15) is 11.5 Å². The van der Waals surface area contributed by atoms with Crippen molar-refractivity contribution in [3.63, 3.8) is 0 Å². The van der Waals surface area contributed by atoms with Crippen molar-refractivity contribution in [2.45, 2.75) is 0 Å². The number of ether oxygens (including phenoxy) is 1. The Morgan fingerprint density at radius 2 is 1.94 bits per heavy atom. The van der Waals surface area contributed by atoms with Crippen LogP contribution in [0.5, 0.6) is 11.5 Å². The van der Waals surface area contributed by atoms with Crippen molar-refractivity contribution in [1.29, 1.82) is 0 Å². The third-order valence-corrected chi connectivity index (χ3v) is 3.94. The molecule has 0 atom stereocenters. The molecule has 0 radical (unpaired) electrons. The van der Waals surface area contributed by atoms with E-state index >= 15 is 0 Å². The molecule has 0 aliphatic rings. The SMILES string of the molecule is COc1ccc2[nH]c3ccc(O)cc3c2c1I. The van der Waals surface area contributed by atoms with Crippen LogP contribution < -0.4 is 4.74 Å². The molecule has 0 saturated carbocycles. The minimum Gasteiger partial charge on any atom is -0.508 e. The van der Waals surface area contributed by atoms with Crippen LogP contribution in [0.3, 0.4) is 0 Å². The summed E-state index contributed by atoms with van der Waals surface area (Å²) in [4.78, 5) is 3.33. The van der Waals surface area contributed by atoms with E-state index in [2.05, 4.69) is 27.6 Å². The molecule has 1 aromatic heterocycles. The molecular weight excluding hydrogens is 329 g/mol. The quantitative estimate of drug-likeness (QED) is 0.665. The Morgan fingerprint density at radius 1 is 1.18 bits per heavy atom. The van der Waals surface area contributed by atoms with Crippen LogP contribution in [0.4, 0.5) is 0 Å². The fraction of sp³-hybridized carbons (Fsp3) is 0.0769. The Bertz CT molecular complexity index is 718. The lowest BCUT2D eigenvalue weighted by molar-refractivity contribution is 0.412. The highest BCUT2D eigenvalue weighted by molar-refractivity contribution is 14.1. The summed E-state index contributed by atoms with van der Waals surface area (Å²) in [6.07, 6.45) is 0. The first-order chi connectivity index (χ1) is 8.20. The highest BCUT2D eigenvalue weighted by atomic mass is 127. The number of nitrogens with one attached hydrogen (secondary N) is 1. The lowest BCUT2D eigenvalue weighted by Gasteiger charge is -2.03. The lowest BCUT2D eigenvalue weighted by atomic mass is 10.1. The molecule has 0 spiro atoms. The molecule has 0 unspecified atom stereocenters. The monoisotopic (exact) mass is 339 g/mol. The topological polar surface area (TPSA) is 45.2 Å². The molecule has 0 amide bonds. The van der Waals surface area contributed by atoms with Crippen molar-refractivity contribution in [3.8, 4) is 11.5 Å². The van der Waals surface area contributed by atoms with Gasteiger partial charge in [0.25, 0.3) is 0 Å². The van der Waals surface area contributed by atoms with Gasteiger partial charge in [0.15, 0.2) is 0 Å². The summed E-state index contributed by atoms with van der Waals surface area (Å²) in [6.45, 7) is 0. The van der Waals surface area contributed by atoms with Crippen LogP contribution in [0, 0.1) is 3.57 Å². The number of fused-ring (bicyclic) bond motifs is 3. The number of benzene rings is 2. The average molecular weight is 339 g/mol. The Morgan fingerprint density at radius 3 is 2.71 bits per heavy atom. The molecule has 2 N–H and O–H groups in total. The zero-order valence-electron chi connectivity index (χ0n) is 9.12. The van der Waals surface area contributed by atoms with Crippen LogP contribution in [0.2, 0.25) is 0 Å². The molecule has 3 nitrogen and oxygen atoms in total. The van der Waals surface area contributed by atoms with Crippen LogP contribution in [0.15, 0.2) is 30.3 Å². The van der Waals surface area contributed by atoms with Gasteiger partial charge in [0, 0.05) is 21.8 Å². The fourth-order valence-corrected chi connectivity index (χ4v) is 3.06. The summed E-state index contributed by atoms with van der Waals surface area (Å²) in [5.74, 6) is 1.12. The van der Waals surface area contributed by atoms with E-state index in [0.29, 0.717) is 0 Å². The minimum atomic E-state index is 0.275. The Hall–Kier alpha value is -1.43. The Kier molecular flexibility index (Phi) is 2.39. The second kappa shape index (κ2) is 3.80.